The summed E-state index contributed by atoms with van der Waals surface area (Å²) in [5.41, 5.74) is -2.40. The van der Waals surface area contributed by atoms with Crippen LogP contribution in [0.15, 0.2) is 58.3 Å². The Kier molecular flexibility index (Phi) is 6.95. The third-order valence-corrected chi connectivity index (χ3v) is 5.57. The second-order valence-electron chi connectivity index (χ2n) is 7.44. The Morgan fingerprint density at radius 1 is 1.22 bits per heavy atom. The number of halogens is 4. The van der Waals surface area contributed by atoms with Gasteiger partial charge in [-0.1, -0.05) is 30.7 Å². The third-order valence-electron chi connectivity index (χ3n) is 5.34. The monoisotopic (exact) mass is 466 g/mol. The molecule has 2 aromatic carbocycles. The van der Waals surface area contributed by atoms with Crippen molar-refractivity contribution < 1.29 is 23.0 Å². The molecule has 170 valence electrons. The number of benzene rings is 2. The van der Waals surface area contributed by atoms with Crippen LogP contribution in [0.5, 0.6) is 5.75 Å². The lowest BCUT2D eigenvalue weighted by Gasteiger charge is -2.31. The molecule has 32 heavy (non-hydrogen) atoms. The summed E-state index contributed by atoms with van der Waals surface area (Å²) in [6.07, 6.45) is -4.78. The molecule has 3 aromatic rings. The van der Waals surface area contributed by atoms with Gasteiger partial charge in [0.2, 0.25) is 5.56 Å². The predicted molar refractivity (Wildman–Crippen MR) is 119 cm³/mol. The van der Waals surface area contributed by atoms with Gasteiger partial charge in [0.05, 0.1) is 18.3 Å². The van der Waals surface area contributed by atoms with Crippen molar-refractivity contribution >= 4 is 34.4 Å². The van der Waals surface area contributed by atoms with Crippen LogP contribution in [0.3, 0.4) is 0 Å². The molecule has 0 radical (unpaired) electrons. The number of nitrogens with one attached hydrogen (secondary N) is 1. The van der Waals surface area contributed by atoms with E-state index in [1.165, 1.54) is 31.4 Å². The smallest absolute Gasteiger partial charge is 0.422 e. The van der Waals surface area contributed by atoms with E-state index in [1.54, 1.807) is 31.2 Å². The minimum atomic E-state index is -4.97. The fraction of sp³-hybridized carbons (Fsp3) is 0.304. The van der Waals surface area contributed by atoms with E-state index in [4.69, 9.17) is 16.3 Å². The Labute approximate surface area is 187 Å². The number of hydrogen-bond donors (Lipinski definition) is 2. The molecule has 1 aromatic heterocycles. The van der Waals surface area contributed by atoms with E-state index in [1.807, 2.05) is 0 Å². The lowest BCUT2D eigenvalue weighted by Crippen LogP contribution is -2.47. The quantitative estimate of drug-likeness (QED) is 0.434. The SMILES string of the molecule is CCC(CC(O)(C=Nc1cccc2[nH]c(=O)ccc12)C(F)(F)F)c1ccc(Cl)cc1OC. The Hall–Kier alpha value is -2.84. The topological polar surface area (TPSA) is 74.7 Å². The number of pyridine rings is 1. The lowest BCUT2D eigenvalue weighted by molar-refractivity contribution is -0.232. The van der Waals surface area contributed by atoms with Gasteiger partial charge in [-0.05, 0) is 54.7 Å². The molecule has 1 heterocycles. The number of hydrogen-bond acceptors (Lipinski definition) is 4. The van der Waals surface area contributed by atoms with Crippen LogP contribution in [0, 0.1) is 0 Å². The number of H-pyrrole nitrogens is 1. The molecule has 2 unspecified atom stereocenters. The lowest BCUT2D eigenvalue weighted by atomic mass is 9.84. The van der Waals surface area contributed by atoms with Crippen molar-refractivity contribution in [3.8, 4) is 5.75 Å². The van der Waals surface area contributed by atoms with Crippen LogP contribution in [0.25, 0.3) is 10.9 Å². The van der Waals surface area contributed by atoms with Crippen LogP contribution < -0.4 is 10.3 Å². The first-order valence-electron chi connectivity index (χ1n) is 9.88. The summed E-state index contributed by atoms with van der Waals surface area (Å²) in [5.74, 6) is -0.326. The average molecular weight is 467 g/mol. The van der Waals surface area contributed by atoms with E-state index >= 15 is 0 Å². The molecule has 3 rings (SSSR count). The molecule has 0 amide bonds. The van der Waals surface area contributed by atoms with Gasteiger partial charge in [0.15, 0.2) is 5.60 Å². The molecule has 0 fully saturated rings. The minimum Gasteiger partial charge on any atom is -0.496 e. The van der Waals surface area contributed by atoms with Crippen LogP contribution in [0.4, 0.5) is 18.9 Å². The van der Waals surface area contributed by atoms with Crippen molar-refractivity contribution in [2.24, 2.45) is 4.99 Å². The Bertz CT molecular complexity index is 1190. The average Bonchev–Trinajstić information content (AvgIpc) is 2.75. The fourth-order valence-electron chi connectivity index (χ4n) is 3.57. The third kappa shape index (κ3) is 4.97. The largest absolute Gasteiger partial charge is 0.496 e. The first-order chi connectivity index (χ1) is 15.1. The summed E-state index contributed by atoms with van der Waals surface area (Å²) >= 11 is 5.97. The molecule has 0 aliphatic heterocycles. The second kappa shape index (κ2) is 9.34. The number of aliphatic hydroxyl groups is 1. The molecule has 0 bridgehead atoms. The fourth-order valence-corrected chi connectivity index (χ4v) is 3.74. The zero-order valence-electron chi connectivity index (χ0n) is 17.4. The van der Waals surface area contributed by atoms with Gasteiger partial charge in [0.1, 0.15) is 5.75 Å². The Balaban J connectivity index is 2.01. The summed E-state index contributed by atoms with van der Waals surface area (Å²) in [7, 11) is 1.41. The molecular weight excluding hydrogens is 445 g/mol. The molecule has 0 aliphatic carbocycles. The van der Waals surface area contributed by atoms with Gasteiger partial charge in [-0.15, -0.1) is 0 Å². The number of alkyl halides is 3. The van der Waals surface area contributed by atoms with Gasteiger partial charge in [-0.2, -0.15) is 13.2 Å². The summed E-state index contributed by atoms with van der Waals surface area (Å²) in [5, 5.41) is 11.6. The van der Waals surface area contributed by atoms with Crippen LogP contribution in [-0.4, -0.2) is 35.2 Å². The molecule has 0 saturated heterocycles. The summed E-state index contributed by atoms with van der Waals surface area (Å²) in [6, 6.07) is 12.1. The van der Waals surface area contributed by atoms with Crippen LogP contribution in [0.2, 0.25) is 5.02 Å². The van der Waals surface area contributed by atoms with E-state index < -0.39 is 24.1 Å². The van der Waals surface area contributed by atoms with Crippen molar-refractivity contribution in [3.05, 3.63) is 69.5 Å². The highest BCUT2D eigenvalue weighted by Crippen LogP contribution is 2.42. The number of aliphatic imine (C=N–C) groups is 1. The maximum absolute atomic E-state index is 14.0. The number of methoxy groups -OCH3 is 1. The first-order valence-corrected chi connectivity index (χ1v) is 10.3. The molecule has 2 atom stereocenters. The van der Waals surface area contributed by atoms with Gasteiger partial charge in [-0.3, -0.25) is 9.79 Å². The van der Waals surface area contributed by atoms with Gasteiger partial charge in [-0.25, -0.2) is 0 Å². The van der Waals surface area contributed by atoms with Crippen molar-refractivity contribution in [2.75, 3.05) is 7.11 Å². The first kappa shape index (κ1) is 23.8. The van der Waals surface area contributed by atoms with E-state index in [2.05, 4.69) is 9.98 Å². The second-order valence-corrected chi connectivity index (χ2v) is 7.87. The van der Waals surface area contributed by atoms with Gasteiger partial charge in [0.25, 0.3) is 0 Å². The molecular formula is C23H22ClF3N2O3. The zero-order chi connectivity index (χ0) is 23.5. The highest BCUT2D eigenvalue weighted by Gasteiger charge is 2.53. The highest BCUT2D eigenvalue weighted by atomic mass is 35.5. The number of aromatic nitrogens is 1. The number of nitrogens with zero attached hydrogens (tertiary/aromatic N) is 1. The van der Waals surface area contributed by atoms with Crippen LogP contribution >= 0.6 is 11.6 Å². The molecule has 0 aliphatic rings. The van der Waals surface area contributed by atoms with Crippen molar-refractivity contribution in [1.29, 1.82) is 0 Å². The van der Waals surface area contributed by atoms with E-state index in [0.717, 1.165) is 0 Å². The van der Waals surface area contributed by atoms with Gasteiger partial charge in [0, 0.05) is 22.7 Å². The Morgan fingerprint density at radius 2 is 1.97 bits per heavy atom. The van der Waals surface area contributed by atoms with Gasteiger partial charge < -0.3 is 14.8 Å². The molecule has 9 heteroatoms. The van der Waals surface area contributed by atoms with E-state index in [-0.39, 0.29) is 11.2 Å². The standard InChI is InChI=1S/C23H22ClF3N2O3/c1-3-14(16-8-7-15(24)11-20(16)32-2)12-22(31,23(25,26)27)13-28-18-5-4-6-19-17(18)9-10-21(30)29-19/h4-11,13-14,31H,3,12H2,1-2H3,(H,29,30). The maximum Gasteiger partial charge on any atom is 0.422 e. The van der Waals surface area contributed by atoms with Gasteiger partial charge >= 0.3 is 6.18 Å². The number of fused-ring (bicyclic) bond motifs is 1. The van der Waals surface area contributed by atoms with E-state index in [9.17, 15) is 23.1 Å². The molecule has 5 nitrogen and oxygen atoms in total. The van der Waals surface area contributed by atoms with Crippen molar-refractivity contribution in [2.45, 2.75) is 37.5 Å². The minimum absolute atomic E-state index is 0.193. The summed E-state index contributed by atoms with van der Waals surface area (Å²) in [6.45, 7) is 1.73. The maximum atomic E-state index is 14.0. The highest BCUT2D eigenvalue weighted by molar-refractivity contribution is 6.30. The molecule has 0 saturated carbocycles. The van der Waals surface area contributed by atoms with Crippen molar-refractivity contribution in [1.82, 2.24) is 4.98 Å². The zero-order valence-corrected chi connectivity index (χ0v) is 18.2. The number of ether oxygens (including phenoxy) is 1. The molecule has 0 spiro atoms. The van der Waals surface area contributed by atoms with Crippen molar-refractivity contribution in [3.63, 3.8) is 0 Å². The van der Waals surface area contributed by atoms with Crippen LogP contribution in [0.1, 0.15) is 31.2 Å². The predicted octanol–water partition coefficient (Wildman–Crippen LogP) is 5.77. The molecule has 2 N–H and O–H groups in total. The summed E-state index contributed by atoms with van der Waals surface area (Å²) in [4.78, 5) is 18.1. The normalized spacial score (nSPS) is 15.1. The number of aromatic amines is 1. The van der Waals surface area contributed by atoms with Crippen LogP contribution in [-0.2, 0) is 0 Å². The van der Waals surface area contributed by atoms with E-state index in [0.29, 0.717) is 39.9 Å². The summed E-state index contributed by atoms with van der Waals surface area (Å²) < 4.78 is 47.3. The number of rotatable bonds is 7. The Morgan fingerprint density at radius 3 is 2.62 bits per heavy atom.